The molecule has 2 aromatic rings. The van der Waals surface area contributed by atoms with Gasteiger partial charge in [0.1, 0.15) is 0 Å². The van der Waals surface area contributed by atoms with Crippen molar-refractivity contribution in [1.29, 1.82) is 0 Å². The number of fused-ring (bicyclic) bond motifs is 1. The van der Waals surface area contributed by atoms with E-state index in [4.69, 9.17) is 5.73 Å². The van der Waals surface area contributed by atoms with Crippen LogP contribution in [0.1, 0.15) is 11.6 Å². The van der Waals surface area contributed by atoms with Gasteiger partial charge in [-0.15, -0.1) is 0 Å². The molecule has 2 N–H and O–H groups in total. The molecule has 2 rings (SSSR count). The van der Waals surface area contributed by atoms with E-state index in [2.05, 4.69) is 0 Å². The monoisotopic (exact) mass is 207 g/mol. The Bertz CT molecular complexity index is 468. The Morgan fingerprint density at radius 1 is 0.933 bits per heavy atom. The van der Waals surface area contributed by atoms with Gasteiger partial charge in [-0.1, -0.05) is 36.4 Å². The van der Waals surface area contributed by atoms with Crippen LogP contribution in [0.5, 0.6) is 0 Å². The van der Waals surface area contributed by atoms with Crippen molar-refractivity contribution in [3.05, 3.63) is 48.0 Å². The molecule has 0 amide bonds. The topological polar surface area (TPSA) is 26.0 Å². The highest BCUT2D eigenvalue weighted by atomic mass is 19.3. The molecule has 2 aromatic carbocycles. The van der Waals surface area contributed by atoms with Crippen molar-refractivity contribution >= 4 is 10.8 Å². The third-order valence-corrected chi connectivity index (χ3v) is 2.43. The third kappa shape index (κ3) is 1.97. The quantitative estimate of drug-likeness (QED) is 0.804. The molecule has 0 aliphatic heterocycles. The molecule has 0 aliphatic carbocycles. The fourth-order valence-electron chi connectivity index (χ4n) is 1.56. The summed E-state index contributed by atoms with van der Waals surface area (Å²) in [4.78, 5) is 0. The molecule has 0 spiro atoms. The normalized spacial score (nSPS) is 13.3. The van der Waals surface area contributed by atoms with Crippen LogP contribution < -0.4 is 5.73 Å². The van der Waals surface area contributed by atoms with Gasteiger partial charge in [-0.25, -0.2) is 8.78 Å². The summed E-state index contributed by atoms with van der Waals surface area (Å²) in [5.74, 6) is 0. The zero-order valence-electron chi connectivity index (χ0n) is 8.03. The smallest absolute Gasteiger partial charge is 0.257 e. The predicted molar refractivity (Wildman–Crippen MR) is 56.9 cm³/mol. The largest absolute Gasteiger partial charge is 0.319 e. The minimum atomic E-state index is -2.52. The van der Waals surface area contributed by atoms with E-state index in [1.807, 2.05) is 30.3 Å². The Kier molecular flexibility index (Phi) is 2.64. The molecular weight excluding hydrogens is 196 g/mol. The van der Waals surface area contributed by atoms with Gasteiger partial charge in [0, 0.05) is 0 Å². The van der Waals surface area contributed by atoms with Crippen LogP contribution in [-0.4, -0.2) is 6.43 Å². The van der Waals surface area contributed by atoms with Crippen molar-refractivity contribution in [2.45, 2.75) is 12.5 Å². The molecule has 0 radical (unpaired) electrons. The number of benzene rings is 2. The highest BCUT2D eigenvalue weighted by Crippen LogP contribution is 2.22. The van der Waals surface area contributed by atoms with E-state index in [0.29, 0.717) is 5.56 Å². The number of hydrogen-bond donors (Lipinski definition) is 1. The molecule has 1 atom stereocenters. The number of nitrogens with two attached hydrogens (primary N) is 1. The lowest BCUT2D eigenvalue weighted by atomic mass is 10.0. The van der Waals surface area contributed by atoms with Gasteiger partial charge < -0.3 is 5.73 Å². The van der Waals surface area contributed by atoms with Crippen LogP contribution >= 0.6 is 0 Å². The minimum Gasteiger partial charge on any atom is -0.319 e. The SMILES string of the molecule is N[C@H](c1ccc2ccccc2c1)C(F)F. The van der Waals surface area contributed by atoms with Crippen LogP contribution in [0.4, 0.5) is 8.78 Å². The van der Waals surface area contributed by atoms with Gasteiger partial charge >= 0.3 is 0 Å². The molecular formula is C12H11F2N. The first-order valence-electron chi connectivity index (χ1n) is 4.71. The molecule has 0 unspecified atom stereocenters. The highest BCUT2D eigenvalue weighted by molar-refractivity contribution is 5.83. The van der Waals surface area contributed by atoms with Crippen molar-refractivity contribution < 1.29 is 8.78 Å². The van der Waals surface area contributed by atoms with Gasteiger partial charge in [-0.05, 0) is 22.4 Å². The Morgan fingerprint density at radius 2 is 1.60 bits per heavy atom. The molecule has 78 valence electrons. The van der Waals surface area contributed by atoms with Gasteiger partial charge in [0.15, 0.2) is 0 Å². The van der Waals surface area contributed by atoms with Crippen LogP contribution in [0.25, 0.3) is 10.8 Å². The maximum Gasteiger partial charge on any atom is 0.257 e. The van der Waals surface area contributed by atoms with Crippen molar-refractivity contribution in [3.63, 3.8) is 0 Å². The summed E-state index contributed by atoms with van der Waals surface area (Å²) in [6.45, 7) is 0. The van der Waals surface area contributed by atoms with Crippen LogP contribution in [0.3, 0.4) is 0 Å². The lowest BCUT2D eigenvalue weighted by Crippen LogP contribution is -2.18. The lowest BCUT2D eigenvalue weighted by molar-refractivity contribution is 0.116. The summed E-state index contributed by atoms with van der Waals surface area (Å²) in [6.07, 6.45) is -2.52. The lowest BCUT2D eigenvalue weighted by Gasteiger charge is -2.11. The molecule has 0 aliphatic rings. The molecule has 0 saturated heterocycles. The Balaban J connectivity index is 2.47. The van der Waals surface area contributed by atoms with Gasteiger partial charge in [-0.2, -0.15) is 0 Å². The molecule has 0 fully saturated rings. The fraction of sp³-hybridized carbons (Fsp3) is 0.167. The summed E-state index contributed by atoms with van der Waals surface area (Å²) in [6, 6.07) is 11.6. The maximum atomic E-state index is 12.4. The van der Waals surface area contributed by atoms with Crippen LogP contribution in [0, 0.1) is 0 Å². The summed E-state index contributed by atoms with van der Waals surface area (Å²) >= 11 is 0. The average Bonchev–Trinajstić information content (AvgIpc) is 2.27. The molecule has 3 heteroatoms. The zero-order chi connectivity index (χ0) is 10.8. The molecule has 1 nitrogen and oxygen atoms in total. The van der Waals surface area contributed by atoms with Crippen molar-refractivity contribution in [2.24, 2.45) is 5.73 Å². The zero-order valence-corrected chi connectivity index (χ0v) is 8.03. The predicted octanol–water partition coefficient (Wildman–Crippen LogP) is 3.10. The van der Waals surface area contributed by atoms with E-state index in [1.165, 1.54) is 0 Å². The minimum absolute atomic E-state index is 0.476. The second-order valence-electron chi connectivity index (χ2n) is 3.47. The van der Waals surface area contributed by atoms with Crippen LogP contribution in [0.15, 0.2) is 42.5 Å². The number of hydrogen-bond acceptors (Lipinski definition) is 1. The second-order valence-corrected chi connectivity index (χ2v) is 3.47. The molecule has 0 saturated carbocycles. The first-order chi connectivity index (χ1) is 7.18. The molecule has 0 bridgehead atoms. The van der Waals surface area contributed by atoms with E-state index in [1.54, 1.807) is 12.1 Å². The van der Waals surface area contributed by atoms with E-state index < -0.39 is 12.5 Å². The van der Waals surface area contributed by atoms with Crippen LogP contribution in [-0.2, 0) is 0 Å². The Hall–Kier alpha value is -1.48. The van der Waals surface area contributed by atoms with Gasteiger partial charge in [0.05, 0.1) is 6.04 Å². The van der Waals surface area contributed by atoms with E-state index in [0.717, 1.165) is 10.8 Å². The maximum absolute atomic E-state index is 12.4. The molecule has 0 aromatic heterocycles. The van der Waals surface area contributed by atoms with Gasteiger partial charge in [0.25, 0.3) is 6.43 Å². The number of rotatable bonds is 2. The third-order valence-electron chi connectivity index (χ3n) is 2.43. The van der Waals surface area contributed by atoms with Crippen molar-refractivity contribution in [2.75, 3.05) is 0 Å². The highest BCUT2D eigenvalue weighted by Gasteiger charge is 2.17. The summed E-state index contributed by atoms with van der Waals surface area (Å²) < 4.78 is 24.8. The average molecular weight is 207 g/mol. The van der Waals surface area contributed by atoms with Gasteiger partial charge in [-0.3, -0.25) is 0 Å². The van der Waals surface area contributed by atoms with Crippen molar-refractivity contribution in [1.82, 2.24) is 0 Å². The first kappa shape index (κ1) is 10.1. The van der Waals surface area contributed by atoms with E-state index in [-0.39, 0.29) is 0 Å². The first-order valence-corrected chi connectivity index (χ1v) is 4.71. The Labute approximate surface area is 86.5 Å². The summed E-state index contributed by atoms with van der Waals surface area (Å²) in [7, 11) is 0. The fourth-order valence-corrected chi connectivity index (χ4v) is 1.56. The summed E-state index contributed by atoms with van der Waals surface area (Å²) in [5, 5.41) is 1.97. The van der Waals surface area contributed by atoms with Gasteiger partial charge in [0.2, 0.25) is 0 Å². The molecule has 0 heterocycles. The number of halogens is 2. The van der Waals surface area contributed by atoms with Crippen molar-refractivity contribution in [3.8, 4) is 0 Å². The molecule has 15 heavy (non-hydrogen) atoms. The summed E-state index contributed by atoms with van der Waals surface area (Å²) in [5.41, 5.74) is 5.85. The second kappa shape index (κ2) is 3.95. The van der Waals surface area contributed by atoms with E-state index in [9.17, 15) is 8.78 Å². The van der Waals surface area contributed by atoms with E-state index >= 15 is 0 Å². The standard InChI is InChI=1S/C12H11F2N/c13-12(14)11(15)10-6-5-8-3-1-2-4-9(8)7-10/h1-7,11-12H,15H2/t11-/m1/s1. The Morgan fingerprint density at radius 3 is 2.27 bits per heavy atom. The number of alkyl halides is 2. The van der Waals surface area contributed by atoms with Crippen LogP contribution in [0.2, 0.25) is 0 Å².